The van der Waals surface area contributed by atoms with E-state index in [4.69, 9.17) is 4.74 Å². The highest BCUT2D eigenvalue weighted by Crippen LogP contribution is 2.61. The van der Waals surface area contributed by atoms with E-state index in [1.54, 1.807) is 29.0 Å². The van der Waals surface area contributed by atoms with E-state index in [-0.39, 0.29) is 35.7 Å². The quantitative estimate of drug-likeness (QED) is 0.242. The average Bonchev–Trinajstić information content (AvgIpc) is 3.65. The Morgan fingerprint density at radius 3 is 2.42 bits per heavy atom. The van der Waals surface area contributed by atoms with Crippen LogP contribution >= 0.6 is 15.9 Å². The smallest absolute Gasteiger partial charge is 0.253 e. The maximum Gasteiger partial charge on any atom is 0.253 e. The molecule has 3 amide bonds. The number of likely N-dealkylation sites (tertiary alicyclic amines) is 1. The minimum atomic E-state index is -1.26. The zero-order valence-corrected chi connectivity index (χ0v) is 26.9. The first-order valence-electron chi connectivity index (χ1n) is 15.3. The Morgan fingerprint density at radius 1 is 1.04 bits per heavy atom. The molecular formula is C36H38BrN3O5. The molecule has 234 valence electrons. The third-order valence-electron chi connectivity index (χ3n) is 9.57. The van der Waals surface area contributed by atoms with Gasteiger partial charge in [-0.3, -0.25) is 14.4 Å². The summed E-state index contributed by atoms with van der Waals surface area (Å²) in [4.78, 5) is 48.1. The monoisotopic (exact) mass is 671 g/mol. The van der Waals surface area contributed by atoms with Gasteiger partial charge in [-0.2, -0.15) is 0 Å². The van der Waals surface area contributed by atoms with Gasteiger partial charge in [-0.25, -0.2) is 0 Å². The molecule has 9 heteroatoms. The minimum absolute atomic E-state index is 0.199. The van der Waals surface area contributed by atoms with Crippen molar-refractivity contribution in [1.82, 2.24) is 9.80 Å². The average molecular weight is 673 g/mol. The van der Waals surface area contributed by atoms with Gasteiger partial charge in [-0.1, -0.05) is 88.7 Å². The predicted molar refractivity (Wildman–Crippen MR) is 178 cm³/mol. The van der Waals surface area contributed by atoms with E-state index in [2.05, 4.69) is 29.1 Å². The fourth-order valence-corrected chi connectivity index (χ4v) is 8.58. The molecule has 3 fully saturated rings. The molecule has 3 aromatic rings. The molecule has 8 nitrogen and oxygen atoms in total. The first-order valence-corrected chi connectivity index (χ1v) is 16.2. The number of aliphatic hydroxyl groups excluding tert-OH is 1. The van der Waals surface area contributed by atoms with E-state index in [1.165, 1.54) is 4.90 Å². The molecule has 3 unspecified atom stereocenters. The lowest BCUT2D eigenvalue weighted by Crippen LogP contribution is -2.59. The van der Waals surface area contributed by atoms with Crippen LogP contribution in [0.5, 0.6) is 0 Å². The van der Waals surface area contributed by atoms with Gasteiger partial charge in [0.2, 0.25) is 11.8 Å². The highest BCUT2D eigenvalue weighted by atomic mass is 79.9. The number of amides is 3. The molecule has 3 aromatic carbocycles. The third-order valence-corrected chi connectivity index (χ3v) is 10.4. The van der Waals surface area contributed by atoms with Crippen LogP contribution in [0.2, 0.25) is 0 Å². The molecule has 3 aliphatic rings. The van der Waals surface area contributed by atoms with Gasteiger partial charge in [0.25, 0.3) is 5.91 Å². The van der Waals surface area contributed by atoms with Gasteiger partial charge in [0.1, 0.15) is 11.6 Å². The molecule has 0 radical (unpaired) electrons. The number of carbonyl (C=O) groups excluding carboxylic acids is 3. The van der Waals surface area contributed by atoms with E-state index in [0.717, 1.165) is 16.3 Å². The van der Waals surface area contributed by atoms with Crippen molar-refractivity contribution in [3.63, 3.8) is 0 Å². The van der Waals surface area contributed by atoms with Gasteiger partial charge in [0, 0.05) is 30.7 Å². The predicted octanol–water partition coefficient (Wildman–Crippen LogP) is 4.35. The lowest BCUT2D eigenvalue weighted by Gasteiger charge is -2.39. The largest absolute Gasteiger partial charge is 0.394 e. The second kappa shape index (κ2) is 12.5. The molecule has 6 rings (SSSR count). The minimum Gasteiger partial charge on any atom is -0.394 e. The molecule has 45 heavy (non-hydrogen) atoms. The summed E-state index contributed by atoms with van der Waals surface area (Å²) in [6, 6.07) is 21.5. The van der Waals surface area contributed by atoms with Crippen molar-refractivity contribution in [1.29, 1.82) is 0 Å². The van der Waals surface area contributed by atoms with Crippen molar-refractivity contribution in [3.05, 3.63) is 104 Å². The molecule has 1 spiro atoms. The molecule has 3 aliphatic heterocycles. The Hall–Kier alpha value is -3.79. The van der Waals surface area contributed by atoms with E-state index in [0.29, 0.717) is 25.1 Å². The molecule has 0 aromatic heterocycles. The molecule has 7 atom stereocenters. The fourth-order valence-electron chi connectivity index (χ4n) is 7.64. The van der Waals surface area contributed by atoms with Gasteiger partial charge >= 0.3 is 0 Å². The number of fused-ring (bicyclic) bond motifs is 2. The van der Waals surface area contributed by atoms with Crippen molar-refractivity contribution in [2.75, 3.05) is 31.6 Å². The standard InChI is InChI=1S/C36H38BrN3O5/c1-4-17-38(3)33(42)29-30-34(43)40(27(22-41)19-23-11-7-6-8-12-23)32(36(30)21-28(37)31(29)45-36)35(44)39(18-5-2)26-16-15-24-13-9-10-14-25(24)20-26/h4-16,20,27-32,41H,1-2,17-19,21-22H2,3H3/t27-,28?,29+,30+,31+,32?,36?/m1/s1. The number of halogens is 1. The van der Waals surface area contributed by atoms with Crippen molar-refractivity contribution < 1.29 is 24.2 Å². The number of benzene rings is 3. The number of nitrogens with zero attached hydrogens (tertiary/aromatic N) is 3. The van der Waals surface area contributed by atoms with Crippen LogP contribution in [0.3, 0.4) is 0 Å². The van der Waals surface area contributed by atoms with E-state index < -0.39 is 35.6 Å². The Morgan fingerprint density at radius 2 is 1.73 bits per heavy atom. The number of alkyl halides is 1. The van der Waals surface area contributed by atoms with Gasteiger partial charge in [-0.05, 0) is 41.3 Å². The maximum atomic E-state index is 15.0. The third kappa shape index (κ3) is 5.20. The van der Waals surface area contributed by atoms with Crippen LogP contribution in [0.15, 0.2) is 98.1 Å². The number of likely N-dealkylation sites (N-methyl/N-ethyl adjacent to an activating group) is 1. The Kier molecular flexibility index (Phi) is 8.70. The van der Waals surface area contributed by atoms with Gasteiger partial charge in [-0.15, -0.1) is 13.2 Å². The van der Waals surface area contributed by atoms with Crippen LogP contribution in [-0.2, 0) is 25.5 Å². The molecule has 2 bridgehead atoms. The second-order valence-corrected chi connectivity index (χ2v) is 13.4. The summed E-state index contributed by atoms with van der Waals surface area (Å²) >= 11 is 3.75. The van der Waals surface area contributed by atoms with E-state index in [9.17, 15) is 14.7 Å². The summed E-state index contributed by atoms with van der Waals surface area (Å²) < 4.78 is 6.73. The summed E-state index contributed by atoms with van der Waals surface area (Å²) in [5.41, 5.74) is 0.322. The topological polar surface area (TPSA) is 90.4 Å². The van der Waals surface area contributed by atoms with Crippen LogP contribution in [0.4, 0.5) is 5.69 Å². The molecule has 0 saturated carbocycles. The zero-order valence-electron chi connectivity index (χ0n) is 25.3. The SMILES string of the molecule is C=CCN(C)C(=O)[C@H]1[C@H]2C(=O)N([C@@H](CO)Cc3ccccc3)C(C(=O)N(CC=C)c3ccc4ccccc4c3)C23CC(Br)[C@@H]1O3. The molecule has 1 N–H and O–H groups in total. The Balaban J connectivity index is 1.47. The number of carbonyl (C=O) groups is 3. The van der Waals surface area contributed by atoms with Crippen molar-refractivity contribution in [2.45, 2.75) is 41.5 Å². The van der Waals surface area contributed by atoms with E-state index >= 15 is 4.79 Å². The molecule has 0 aliphatic carbocycles. The fraction of sp³-hybridized carbons (Fsp3) is 0.361. The normalized spacial score (nSPS) is 27.3. The number of anilines is 1. The first kappa shape index (κ1) is 31.2. The number of aliphatic hydroxyl groups is 1. The summed E-state index contributed by atoms with van der Waals surface area (Å²) in [6.45, 7) is 7.84. The summed E-state index contributed by atoms with van der Waals surface area (Å²) in [6.07, 6.45) is 3.43. The first-order chi connectivity index (χ1) is 21.7. The molecule has 3 heterocycles. The Bertz CT molecular complexity index is 1630. The van der Waals surface area contributed by atoms with Crippen LogP contribution in [0.1, 0.15) is 12.0 Å². The summed E-state index contributed by atoms with van der Waals surface area (Å²) in [7, 11) is 1.68. The summed E-state index contributed by atoms with van der Waals surface area (Å²) in [5, 5.41) is 12.8. The van der Waals surface area contributed by atoms with Crippen LogP contribution in [0.25, 0.3) is 10.8 Å². The van der Waals surface area contributed by atoms with Crippen molar-refractivity contribution >= 4 is 50.1 Å². The lowest BCUT2D eigenvalue weighted by atomic mass is 9.70. The van der Waals surface area contributed by atoms with Gasteiger partial charge < -0.3 is 24.5 Å². The Labute approximate surface area is 272 Å². The number of ether oxygens (including phenoxy) is 1. The van der Waals surface area contributed by atoms with Crippen molar-refractivity contribution in [3.8, 4) is 0 Å². The van der Waals surface area contributed by atoms with Crippen molar-refractivity contribution in [2.24, 2.45) is 11.8 Å². The number of rotatable bonds is 11. The highest BCUT2D eigenvalue weighted by molar-refractivity contribution is 9.09. The molecular weight excluding hydrogens is 634 g/mol. The van der Waals surface area contributed by atoms with Crippen LogP contribution in [-0.4, -0.2) is 88.0 Å². The zero-order chi connectivity index (χ0) is 31.9. The van der Waals surface area contributed by atoms with Crippen LogP contribution in [0, 0.1) is 11.8 Å². The highest BCUT2D eigenvalue weighted by Gasteiger charge is 2.77. The summed E-state index contributed by atoms with van der Waals surface area (Å²) in [5.74, 6) is -2.56. The maximum absolute atomic E-state index is 15.0. The molecule has 3 saturated heterocycles. The van der Waals surface area contributed by atoms with Crippen LogP contribution < -0.4 is 4.90 Å². The van der Waals surface area contributed by atoms with Gasteiger partial charge in [0.05, 0.1) is 30.6 Å². The lowest BCUT2D eigenvalue weighted by molar-refractivity contribution is -0.146. The number of hydrogen-bond donors (Lipinski definition) is 1. The second-order valence-electron chi connectivity index (χ2n) is 12.2. The number of hydrogen-bond acceptors (Lipinski definition) is 5. The van der Waals surface area contributed by atoms with Gasteiger partial charge in [0.15, 0.2) is 0 Å². The van der Waals surface area contributed by atoms with E-state index in [1.807, 2.05) is 72.8 Å².